The zero-order valence-corrected chi connectivity index (χ0v) is 13.2. The predicted octanol–water partition coefficient (Wildman–Crippen LogP) is 1.20. The van der Waals surface area contributed by atoms with Gasteiger partial charge in [0.15, 0.2) is 0 Å². The number of nitrogens with two attached hydrogens (primary N) is 1. The van der Waals surface area contributed by atoms with Crippen molar-refractivity contribution in [1.82, 2.24) is 4.31 Å². The van der Waals surface area contributed by atoms with Crippen LogP contribution in [0.15, 0.2) is 23.1 Å². The molecule has 0 atom stereocenters. The Morgan fingerprint density at radius 3 is 2.57 bits per heavy atom. The lowest BCUT2D eigenvalue weighted by Crippen LogP contribution is -2.45. The standard InChI is InChI=1S/C14H22N2O4S/c1-3-20-12-5-4-11(15)10-13(12)21(18,19)16-8-6-14(2,17)7-9-16/h4-5,10,17H,3,6-9,15H2,1-2H3. The molecule has 0 aromatic heterocycles. The summed E-state index contributed by atoms with van der Waals surface area (Å²) in [7, 11) is -3.67. The SMILES string of the molecule is CCOc1ccc(N)cc1S(=O)(=O)N1CCC(C)(O)CC1. The fourth-order valence-corrected chi connectivity index (χ4v) is 3.96. The highest BCUT2D eigenvalue weighted by Gasteiger charge is 2.35. The van der Waals surface area contributed by atoms with E-state index in [0.29, 0.717) is 30.9 Å². The molecule has 1 fully saturated rings. The Morgan fingerprint density at radius 1 is 1.38 bits per heavy atom. The van der Waals surface area contributed by atoms with Crippen LogP contribution < -0.4 is 10.5 Å². The van der Waals surface area contributed by atoms with Crippen LogP contribution >= 0.6 is 0 Å². The van der Waals surface area contributed by atoms with Gasteiger partial charge in [-0.1, -0.05) is 0 Å². The summed E-state index contributed by atoms with van der Waals surface area (Å²) in [6.45, 7) is 4.47. The number of hydrogen-bond acceptors (Lipinski definition) is 5. The van der Waals surface area contributed by atoms with Gasteiger partial charge in [0.1, 0.15) is 10.6 Å². The highest BCUT2D eigenvalue weighted by atomic mass is 32.2. The van der Waals surface area contributed by atoms with Crippen molar-refractivity contribution in [3.05, 3.63) is 18.2 Å². The van der Waals surface area contributed by atoms with E-state index >= 15 is 0 Å². The van der Waals surface area contributed by atoms with Crippen LogP contribution in [0, 0.1) is 0 Å². The van der Waals surface area contributed by atoms with E-state index < -0.39 is 15.6 Å². The number of rotatable bonds is 4. The van der Waals surface area contributed by atoms with Crippen molar-refractivity contribution in [2.45, 2.75) is 37.2 Å². The van der Waals surface area contributed by atoms with Crippen LogP contribution in [0.4, 0.5) is 5.69 Å². The summed E-state index contributed by atoms with van der Waals surface area (Å²) in [4.78, 5) is 0.0888. The van der Waals surface area contributed by atoms with E-state index in [4.69, 9.17) is 10.5 Å². The molecule has 0 spiro atoms. The Hall–Kier alpha value is -1.31. The largest absolute Gasteiger partial charge is 0.492 e. The molecule has 2 rings (SSSR count). The van der Waals surface area contributed by atoms with Crippen molar-refractivity contribution < 1.29 is 18.3 Å². The number of piperidine rings is 1. The number of anilines is 1. The monoisotopic (exact) mass is 314 g/mol. The van der Waals surface area contributed by atoms with Crippen LogP contribution in [0.2, 0.25) is 0 Å². The van der Waals surface area contributed by atoms with Crippen molar-refractivity contribution in [3.8, 4) is 5.75 Å². The van der Waals surface area contributed by atoms with Crippen molar-refractivity contribution in [1.29, 1.82) is 0 Å². The molecule has 3 N–H and O–H groups in total. The molecule has 1 aromatic carbocycles. The number of sulfonamides is 1. The van der Waals surface area contributed by atoms with Crippen molar-refractivity contribution in [2.75, 3.05) is 25.4 Å². The first-order chi connectivity index (χ1) is 9.76. The fraction of sp³-hybridized carbons (Fsp3) is 0.571. The van der Waals surface area contributed by atoms with E-state index in [0.717, 1.165) is 0 Å². The van der Waals surface area contributed by atoms with Crippen LogP contribution in [-0.4, -0.2) is 43.1 Å². The molecule has 1 aliphatic heterocycles. The molecule has 1 saturated heterocycles. The van der Waals surface area contributed by atoms with Gasteiger partial charge in [0, 0.05) is 18.8 Å². The number of hydrogen-bond donors (Lipinski definition) is 2. The number of benzene rings is 1. The van der Waals surface area contributed by atoms with Crippen LogP contribution in [0.1, 0.15) is 26.7 Å². The van der Waals surface area contributed by atoms with E-state index in [2.05, 4.69) is 0 Å². The summed E-state index contributed by atoms with van der Waals surface area (Å²) in [5.74, 6) is 0.309. The molecule has 0 aliphatic carbocycles. The Balaban J connectivity index is 2.33. The maximum absolute atomic E-state index is 12.8. The molecule has 1 aromatic rings. The van der Waals surface area contributed by atoms with Gasteiger partial charge in [-0.3, -0.25) is 0 Å². The quantitative estimate of drug-likeness (QED) is 0.815. The minimum Gasteiger partial charge on any atom is -0.492 e. The van der Waals surface area contributed by atoms with Crippen LogP contribution in [0.5, 0.6) is 5.75 Å². The Labute approximate surface area is 125 Å². The Bertz CT molecular complexity index is 603. The fourth-order valence-electron chi connectivity index (χ4n) is 2.35. The van der Waals surface area contributed by atoms with E-state index in [9.17, 15) is 13.5 Å². The van der Waals surface area contributed by atoms with Gasteiger partial charge in [0.25, 0.3) is 0 Å². The highest BCUT2D eigenvalue weighted by Crippen LogP contribution is 2.32. The van der Waals surface area contributed by atoms with Gasteiger partial charge in [0.05, 0.1) is 12.2 Å². The summed E-state index contributed by atoms with van der Waals surface area (Å²) >= 11 is 0. The first kappa shape index (κ1) is 16.1. The first-order valence-corrected chi connectivity index (χ1v) is 8.45. The third-order valence-corrected chi connectivity index (χ3v) is 5.60. The van der Waals surface area contributed by atoms with E-state index in [1.165, 1.54) is 10.4 Å². The Morgan fingerprint density at radius 2 is 2.00 bits per heavy atom. The number of ether oxygens (including phenoxy) is 1. The van der Waals surface area contributed by atoms with Gasteiger partial charge in [-0.05, 0) is 44.9 Å². The van der Waals surface area contributed by atoms with Crippen molar-refractivity contribution >= 4 is 15.7 Å². The van der Waals surface area contributed by atoms with E-state index in [1.807, 2.05) is 0 Å². The van der Waals surface area contributed by atoms with Crippen molar-refractivity contribution in [2.24, 2.45) is 0 Å². The number of nitrogen functional groups attached to an aromatic ring is 1. The first-order valence-electron chi connectivity index (χ1n) is 7.01. The molecule has 0 radical (unpaired) electrons. The van der Waals surface area contributed by atoms with Crippen LogP contribution in [0.3, 0.4) is 0 Å². The maximum atomic E-state index is 12.8. The zero-order chi connectivity index (χ0) is 15.7. The van der Waals surface area contributed by atoms with Gasteiger partial charge in [-0.15, -0.1) is 0 Å². The number of aliphatic hydroxyl groups is 1. The molecule has 1 heterocycles. The van der Waals surface area contributed by atoms with E-state index in [1.54, 1.807) is 26.0 Å². The topological polar surface area (TPSA) is 92.9 Å². The Kier molecular flexibility index (Phi) is 4.46. The van der Waals surface area contributed by atoms with Gasteiger partial charge in [-0.25, -0.2) is 8.42 Å². The molecule has 7 heteroatoms. The molecule has 0 unspecified atom stereocenters. The average Bonchev–Trinajstić information content (AvgIpc) is 2.40. The van der Waals surface area contributed by atoms with Gasteiger partial charge in [0.2, 0.25) is 10.0 Å². The summed E-state index contributed by atoms with van der Waals surface area (Å²) < 4.78 is 32.3. The second kappa shape index (κ2) is 5.82. The number of nitrogens with zero attached hydrogens (tertiary/aromatic N) is 1. The lowest BCUT2D eigenvalue weighted by atomic mass is 9.95. The summed E-state index contributed by atoms with van der Waals surface area (Å²) in [5, 5.41) is 9.95. The molecule has 1 aliphatic rings. The second-order valence-corrected chi connectivity index (χ2v) is 7.45. The molecular formula is C14H22N2O4S. The molecule has 0 bridgehead atoms. The molecular weight excluding hydrogens is 292 g/mol. The van der Waals surface area contributed by atoms with Crippen molar-refractivity contribution in [3.63, 3.8) is 0 Å². The minimum atomic E-state index is -3.67. The maximum Gasteiger partial charge on any atom is 0.246 e. The van der Waals surface area contributed by atoms with Crippen LogP contribution in [-0.2, 0) is 10.0 Å². The third kappa shape index (κ3) is 3.48. The second-order valence-electron chi connectivity index (χ2n) is 5.54. The van der Waals surface area contributed by atoms with E-state index in [-0.39, 0.29) is 18.0 Å². The normalized spacial score (nSPS) is 19.4. The molecule has 21 heavy (non-hydrogen) atoms. The molecule has 6 nitrogen and oxygen atoms in total. The van der Waals surface area contributed by atoms with Gasteiger partial charge in [-0.2, -0.15) is 4.31 Å². The van der Waals surface area contributed by atoms with Gasteiger partial charge >= 0.3 is 0 Å². The summed E-state index contributed by atoms with van der Waals surface area (Å²) in [6, 6.07) is 4.61. The molecule has 0 amide bonds. The highest BCUT2D eigenvalue weighted by molar-refractivity contribution is 7.89. The lowest BCUT2D eigenvalue weighted by molar-refractivity contribution is 0.0126. The summed E-state index contributed by atoms with van der Waals surface area (Å²) in [6.07, 6.45) is 0.830. The lowest BCUT2D eigenvalue weighted by Gasteiger charge is -2.35. The predicted molar refractivity (Wildman–Crippen MR) is 80.6 cm³/mol. The third-order valence-electron chi connectivity index (χ3n) is 3.69. The smallest absolute Gasteiger partial charge is 0.246 e. The summed E-state index contributed by atoms with van der Waals surface area (Å²) in [5.41, 5.74) is 5.29. The minimum absolute atomic E-state index is 0.0888. The molecule has 0 saturated carbocycles. The van der Waals surface area contributed by atoms with Gasteiger partial charge < -0.3 is 15.6 Å². The van der Waals surface area contributed by atoms with Crippen LogP contribution in [0.25, 0.3) is 0 Å². The zero-order valence-electron chi connectivity index (χ0n) is 12.4. The average molecular weight is 314 g/mol. The molecule has 118 valence electrons.